The van der Waals surface area contributed by atoms with Gasteiger partial charge in [-0.25, -0.2) is 4.98 Å². The topological polar surface area (TPSA) is 54.5 Å². The van der Waals surface area contributed by atoms with Crippen molar-refractivity contribution in [3.05, 3.63) is 58.6 Å². The first-order chi connectivity index (χ1) is 13.6. The van der Waals surface area contributed by atoms with E-state index in [-0.39, 0.29) is 12.5 Å². The van der Waals surface area contributed by atoms with E-state index in [0.29, 0.717) is 21.5 Å². The minimum absolute atomic E-state index is 0.130. The molecule has 0 bridgehead atoms. The number of nitrogens with one attached hydrogen (secondary N) is 1. The Bertz CT molecular complexity index is 1020. The van der Waals surface area contributed by atoms with Gasteiger partial charge in [0, 0.05) is 24.2 Å². The zero-order valence-corrected chi connectivity index (χ0v) is 16.6. The fourth-order valence-electron chi connectivity index (χ4n) is 3.26. The minimum Gasteiger partial charge on any atom is -0.481 e. The molecule has 1 N–H and O–H groups in total. The number of rotatable bonds is 5. The lowest BCUT2D eigenvalue weighted by atomic mass is 10.2. The van der Waals surface area contributed by atoms with Crippen molar-refractivity contribution in [2.45, 2.75) is 12.8 Å². The second kappa shape index (κ2) is 8.25. The Kier molecular flexibility index (Phi) is 5.55. The van der Waals surface area contributed by atoms with Gasteiger partial charge in [-0.3, -0.25) is 4.79 Å². The monoisotopic (exact) mass is 415 g/mol. The second-order valence-electron chi connectivity index (χ2n) is 6.66. The van der Waals surface area contributed by atoms with Crippen LogP contribution in [0.5, 0.6) is 5.75 Å². The van der Waals surface area contributed by atoms with Crippen LogP contribution in [0.2, 0.25) is 10.0 Å². The first-order valence-electron chi connectivity index (χ1n) is 9.12. The second-order valence-corrected chi connectivity index (χ2v) is 7.47. The number of hydrogen-bond acceptors (Lipinski definition) is 4. The fraction of sp³-hybridized carbons (Fsp3) is 0.238. The summed E-state index contributed by atoms with van der Waals surface area (Å²) < 4.78 is 5.77. The van der Waals surface area contributed by atoms with E-state index in [4.69, 9.17) is 32.9 Å². The average Bonchev–Trinajstić information content (AvgIpc) is 3.23. The van der Waals surface area contributed by atoms with Crippen molar-refractivity contribution in [3.8, 4) is 5.75 Å². The van der Waals surface area contributed by atoms with Crippen molar-refractivity contribution in [2.24, 2.45) is 0 Å². The lowest BCUT2D eigenvalue weighted by Crippen LogP contribution is -2.20. The van der Waals surface area contributed by atoms with Crippen LogP contribution in [0.1, 0.15) is 12.8 Å². The van der Waals surface area contributed by atoms with Crippen molar-refractivity contribution >= 4 is 51.5 Å². The summed E-state index contributed by atoms with van der Waals surface area (Å²) in [6.07, 6.45) is 2.37. The largest absolute Gasteiger partial charge is 0.481 e. The Morgan fingerprint density at radius 2 is 1.89 bits per heavy atom. The van der Waals surface area contributed by atoms with E-state index in [1.807, 2.05) is 30.3 Å². The Balaban J connectivity index is 1.48. The van der Waals surface area contributed by atoms with Gasteiger partial charge < -0.3 is 15.0 Å². The lowest BCUT2D eigenvalue weighted by Gasteiger charge is -2.17. The third-order valence-electron chi connectivity index (χ3n) is 4.66. The number of ether oxygens (including phenoxy) is 1. The molecule has 2 heterocycles. The minimum atomic E-state index is -0.286. The fourth-order valence-corrected chi connectivity index (χ4v) is 3.56. The maximum absolute atomic E-state index is 12.3. The van der Waals surface area contributed by atoms with Crippen molar-refractivity contribution in [2.75, 3.05) is 29.9 Å². The van der Waals surface area contributed by atoms with E-state index in [0.717, 1.165) is 29.8 Å². The smallest absolute Gasteiger partial charge is 0.262 e. The number of carbonyl (C=O) groups is 1. The summed E-state index contributed by atoms with van der Waals surface area (Å²) in [7, 11) is 0. The van der Waals surface area contributed by atoms with Gasteiger partial charge in [-0.1, -0.05) is 35.3 Å². The van der Waals surface area contributed by atoms with E-state index >= 15 is 0 Å². The molecular formula is C21H19Cl2N3O2. The highest BCUT2D eigenvalue weighted by Crippen LogP contribution is 2.28. The van der Waals surface area contributed by atoms with Gasteiger partial charge in [-0.15, -0.1) is 0 Å². The number of nitrogens with zero attached hydrogens (tertiary/aromatic N) is 2. The number of para-hydroxylation sites is 1. The third-order valence-corrected chi connectivity index (χ3v) is 5.40. The number of pyridine rings is 1. The number of amides is 1. The summed E-state index contributed by atoms with van der Waals surface area (Å²) >= 11 is 11.9. The molecule has 7 heteroatoms. The molecule has 1 aliphatic rings. The Morgan fingerprint density at radius 3 is 2.68 bits per heavy atom. The maximum Gasteiger partial charge on any atom is 0.262 e. The van der Waals surface area contributed by atoms with E-state index < -0.39 is 0 Å². The molecule has 0 saturated carbocycles. The van der Waals surface area contributed by atoms with Gasteiger partial charge in [0.05, 0.1) is 10.0 Å². The van der Waals surface area contributed by atoms with Gasteiger partial charge >= 0.3 is 0 Å². The van der Waals surface area contributed by atoms with E-state index in [1.54, 1.807) is 18.2 Å². The van der Waals surface area contributed by atoms with Gasteiger partial charge in [-0.2, -0.15) is 0 Å². The van der Waals surface area contributed by atoms with Crippen LogP contribution in [0, 0.1) is 0 Å². The number of fused-ring (bicyclic) bond motifs is 1. The van der Waals surface area contributed by atoms with Crippen LogP contribution in [0.4, 0.5) is 11.5 Å². The van der Waals surface area contributed by atoms with Gasteiger partial charge in [0.15, 0.2) is 6.61 Å². The summed E-state index contributed by atoms with van der Waals surface area (Å²) in [6.45, 7) is 1.91. The number of aromatic nitrogens is 1. The molecule has 4 rings (SSSR count). The normalized spacial score (nSPS) is 13.7. The van der Waals surface area contributed by atoms with E-state index in [1.165, 1.54) is 12.8 Å². The molecule has 0 aliphatic carbocycles. The van der Waals surface area contributed by atoms with Crippen LogP contribution in [0.25, 0.3) is 10.9 Å². The molecule has 0 radical (unpaired) electrons. The van der Waals surface area contributed by atoms with Gasteiger partial charge in [0.2, 0.25) is 0 Å². The van der Waals surface area contributed by atoms with Crippen LogP contribution >= 0.6 is 23.2 Å². The lowest BCUT2D eigenvalue weighted by molar-refractivity contribution is -0.118. The predicted molar refractivity (Wildman–Crippen MR) is 114 cm³/mol. The quantitative estimate of drug-likeness (QED) is 0.625. The first-order valence-corrected chi connectivity index (χ1v) is 9.88. The summed E-state index contributed by atoms with van der Waals surface area (Å²) in [5.74, 6) is 1.25. The van der Waals surface area contributed by atoms with Crippen LogP contribution in [-0.2, 0) is 4.79 Å². The summed E-state index contributed by atoms with van der Waals surface area (Å²) in [6, 6.07) is 14.7. The Hall–Kier alpha value is -2.50. The summed E-state index contributed by atoms with van der Waals surface area (Å²) in [5.41, 5.74) is 1.32. The van der Waals surface area contributed by atoms with Gasteiger partial charge in [-0.05, 0) is 49.2 Å². The molecule has 144 valence electrons. The van der Waals surface area contributed by atoms with E-state index in [9.17, 15) is 4.79 Å². The zero-order chi connectivity index (χ0) is 19.5. The standard InChI is InChI=1S/C21H19Cl2N3O2/c22-16-8-7-15(12-17(16)23)24-20(27)13-28-18-5-3-4-14-6-9-19(25-21(14)18)26-10-1-2-11-26/h3-9,12H,1-2,10-11,13H2,(H,24,27). The van der Waals surface area contributed by atoms with Crippen molar-refractivity contribution in [3.63, 3.8) is 0 Å². The SMILES string of the molecule is O=C(COc1cccc2ccc(N3CCCC3)nc12)Nc1ccc(Cl)c(Cl)c1. The molecule has 28 heavy (non-hydrogen) atoms. The molecule has 1 aromatic heterocycles. The molecule has 5 nitrogen and oxygen atoms in total. The zero-order valence-electron chi connectivity index (χ0n) is 15.1. The first kappa shape index (κ1) is 18.8. The van der Waals surface area contributed by atoms with Crippen molar-refractivity contribution < 1.29 is 9.53 Å². The molecule has 1 aliphatic heterocycles. The highest BCUT2D eigenvalue weighted by Gasteiger charge is 2.15. The maximum atomic E-state index is 12.3. The van der Waals surface area contributed by atoms with E-state index in [2.05, 4.69) is 10.2 Å². The molecule has 3 aromatic rings. The Labute approximate surface area is 173 Å². The van der Waals surface area contributed by atoms with Gasteiger partial charge in [0.25, 0.3) is 5.91 Å². The van der Waals surface area contributed by atoms with Crippen LogP contribution in [-0.4, -0.2) is 30.6 Å². The highest BCUT2D eigenvalue weighted by molar-refractivity contribution is 6.42. The summed E-state index contributed by atoms with van der Waals surface area (Å²) in [5, 5.41) is 4.55. The number of hydrogen-bond donors (Lipinski definition) is 1. The molecule has 0 spiro atoms. The molecule has 0 atom stereocenters. The molecule has 2 aromatic carbocycles. The number of benzene rings is 2. The van der Waals surface area contributed by atoms with Crippen molar-refractivity contribution in [1.29, 1.82) is 0 Å². The average molecular weight is 416 g/mol. The Morgan fingerprint density at radius 1 is 1.07 bits per heavy atom. The van der Waals surface area contributed by atoms with Gasteiger partial charge in [0.1, 0.15) is 17.1 Å². The molecule has 0 unspecified atom stereocenters. The molecular weight excluding hydrogens is 397 g/mol. The summed E-state index contributed by atoms with van der Waals surface area (Å²) in [4.78, 5) is 19.3. The molecule has 1 fully saturated rings. The molecule has 1 amide bonds. The third kappa shape index (κ3) is 4.16. The van der Waals surface area contributed by atoms with Crippen LogP contribution in [0.3, 0.4) is 0 Å². The predicted octanol–water partition coefficient (Wildman–Crippen LogP) is 5.16. The number of anilines is 2. The highest BCUT2D eigenvalue weighted by atomic mass is 35.5. The number of halogens is 2. The van der Waals surface area contributed by atoms with Crippen molar-refractivity contribution in [1.82, 2.24) is 4.98 Å². The molecule has 1 saturated heterocycles. The van der Waals surface area contributed by atoms with Crippen LogP contribution < -0.4 is 15.0 Å². The number of carbonyl (C=O) groups excluding carboxylic acids is 1. The van der Waals surface area contributed by atoms with Crippen LogP contribution in [0.15, 0.2) is 48.5 Å².